The Bertz CT molecular complexity index is 324. The summed E-state index contributed by atoms with van der Waals surface area (Å²) in [6.45, 7) is 0. The monoisotopic (exact) mass is 182 g/mol. The maximum atomic E-state index is 11.1. The molecule has 0 aromatic carbocycles. The Hall–Kier alpha value is -1.92. The van der Waals surface area contributed by atoms with Gasteiger partial charge in [-0.3, -0.25) is 19.9 Å². The molecule has 2 rings (SSSR count). The number of hydrogen-bond donors (Lipinski definition) is 3. The average Bonchev–Trinajstić information content (AvgIpc) is 2.06. The van der Waals surface area contributed by atoms with Gasteiger partial charge in [0.25, 0.3) is 11.8 Å². The summed E-state index contributed by atoms with van der Waals surface area (Å²) in [7, 11) is 0. The summed E-state index contributed by atoms with van der Waals surface area (Å²) >= 11 is 0. The van der Waals surface area contributed by atoms with Crippen LogP contribution in [0, 0.1) is 0 Å². The van der Waals surface area contributed by atoms with E-state index in [-0.39, 0.29) is 0 Å². The first kappa shape index (κ1) is 7.71. The van der Waals surface area contributed by atoms with Crippen molar-refractivity contribution in [1.82, 2.24) is 16.0 Å². The van der Waals surface area contributed by atoms with Gasteiger partial charge in [-0.2, -0.15) is 0 Å². The summed E-state index contributed by atoms with van der Waals surface area (Å²) in [5, 5.41) is 6.78. The zero-order chi connectivity index (χ0) is 9.42. The van der Waals surface area contributed by atoms with Crippen LogP contribution in [0.5, 0.6) is 0 Å². The molecule has 13 heavy (non-hydrogen) atoms. The van der Waals surface area contributed by atoms with Gasteiger partial charge in [-0.25, -0.2) is 4.79 Å². The highest BCUT2D eigenvalue weighted by molar-refractivity contribution is 6.28. The maximum Gasteiger partial charge on any atom is 0.323 e. The lowest BCUT2D eigenvalue weighted by Gasteiger charge is -2.30. The van der Waals surface area contributed by atoms with Crippen molar-refractivity contribution in [3.05, 3.63) is 0 Å². The molecule has 7 nitrogen and oxygen atoms in total. The van der Waals surface area contributed by atoms with Crippen LogP contribution >= 0.6 is 0 Å². The first-order chi connectivity index (χ1) is 6.16. The zero-order valence-electron chi connectivity index (χ0n) is 6.40. The number of rotatable bonds is 0. The Morgan fingerprint density at radius 1 is 1.23 bits per heavy atom. The highest BCUT2D eigenvalue weighted by Gasteiger charge is 2.37. The van der Waals surface area contributed by atoms with Gasteiger partial charge in [-0.15, -0.1) is 0 Å². The predicted molar refractivity (Wildman–Crippen MR) is 40.9 cm³/mol. The lowest BCUT2D eigenvalue weighted by molar-refractivity contribution is -0.127. The molecule has 3 N–H and O–H groups in total. The first-order valence-electron chi connectivity index (χ1n) is 3.62. The highest BCUT2D eigenvalue weighted by atomic mass is 16.2. The number of amides is 4. The van der Waals surface area contributed by atoms with Crippen LogP contribution in [0.25, 0.3) is 0 Å². The number of hydrogen-bond acceptors (Lipinski definition) is 4. The zero-order valence-corrected chi connectivity index (χ0v) is 6.40. The van der Waals surface area contributed by atoms with Crippen molar-refractivity contribution in [3.63, 3.8) is 0 Å². The van der Waals surface area contributed by atoms with E-state index in [1.807, 2.05) is 5.32 Å². The number of carbonyl (C=O) groups excluding carboxylic acids is 3. The number of nitrogens with one attached hydrogen (secondary N) is 3. The summed E-state index contributed by atoms with van der Waals surface area (Å²) in [5.41, 5.74) is 0. The second kappa shape index (κ2) is 2.54. The number of fused-ring (bicyclic) bond motifs is 1. The van der Waals surface area contributed by atoms with E-state index in [9.17, 15) is 14.4 Å². The Morgan fingerprint density at radius 3 is 2.77 bits per heavy atom. The van der Waals surface area contributed by atoms with Crippen LogP contribution in [-0.2, 0) is 9.59 Å². The van der Waals surface area contributed by atoms with Crippen LogP contribution in [0.1, 0.15) is 0 Å². The lowest BCUT2D eigenvalue weighted by Crippen LogP contribution is -2.67. The van der Waals surface area contributed by atoms with E-state index in [1.165, 1.54) is 0 Å². The molecular weight excluding hydrogens is 176 g/mol. The van der Waals surface area contributed by atoms with Gasteiger partial charge >= 0.3 is 6.03 Å². The third kappa shape index (κ3) is 1.24. The molecule has 0 aliphatic carbocycles. The molecule has 2 heterocycles. The number of nitrogens with zero attached hydrogens (tertiary/aromatic N) is 1. The molecule has 2 unspecified atom stereocenters. The molecule has 2 atom stereocenters. The van der Waals surface area contributed by atoms with E-state index < -0.39 is 30.1 Å². The largest absolute Gasteiger partial charge is 0.336 e. The first-order valence-corrected chi connectivity index (χ1v) is 3.62. The fourth-order valence-corrected chi connectivity index (χ4v) is 1.19. The van der Waals surface area contributed by atoms with Crippen molar-refractivity contribution in [3.8, 4) is 0 Å². The molecule has 7 heteroatoms. The Balaban J connectivity index is 2.25. The molecule has 0 spiro atoms. The fraction of sp³-hybridized carbons (Fsp3) is 0.333. The van der Waals surface area contributed by atoms with Crippen LogP contribution < -0.4 is 16.0 Å². The Labute approximate surface area is 72.6 Å². The number of urea groups is 1. The predicted octanol–water partition coefficient (Wildman–Crippen LogP) is -2.28. The summed E-state index contributed by atoms with van der Waals surface area (Å²) in [5.74, 6) is -0.980. The number of imide groups is 1. The summed E-state index contributed by atoms with van der Waals surface area (Å²) in [6, 6.07) is -1.39. The molecule has 0 saturated carbocycles. The second-order valence-corrected chi connectivity index (χ2v) is 2.67. The summed E-state index contributed by atoms with van der Waals surface area (Å²) < 4.78 is 0. The second-order valence-electron chi connectivity index (χ2n) is 2.67. The quantitative estimate of drug-likeness (QED) is 0.393. The van der Waals surface area contributed by atoms with E-state index in [4.69, 9.17) is 0 Å². The minimum absolute atomic E-state index is 0.437. The molecule has 0 bridgehead atoms. The van der Waals surface area contributed by atoms with Crippen molar-refractivity contribution < 1.29 is 14.4 Å². The summed E-state index contributed by atoms with van der Waals surface area (Å²) in [4.78, 5) is 36.4. The van der Waals surface area contributed by atoms with Gasteiger partial charge in [0.05, 0.1) is 6.21 Å². The maximum absolute atomic E-state index is 11.1. The number of aliphatic imine (C=N–C) groups is 1. The molecule has 4 amide bonds. The van der Waals surface area contributed by atoms with Crippen molar-refractivity contribution >= 4 is 24.1 Å². The van der Waals surface area contributed by atoms with Crippen molar-refractivity contribution in [2.45, 2.75) is 12.2 Å². The minimum Gasteiger partial charge on any atom is -0.336 e. The minimum atomic E-state index is -0.796. The smallest absolute Gasteiger partial charge is 0.323 e. The molecule has 1 saturated heterocycles. The van der Waals surface area contributed by atoms with Crippen molar-refractivity contribution in [1.29, 1.82) is 0 Å². The lowest BCUT2D eigenvalue weighted by atomic mass is 10.1. The molecular formula is C6H6N4O3. The van der Waals surface area contributed by atoms with Gasteiger partial charge in [0, 0.05) is 0 Å². The van der Waals surface area contributed by atoms with Crippen LogP contribution in [0.2, 0.25) is 0 Å². The molecule has 1 fully saturated rings. The third-order valence-corrected chi connectivity index (χ3v) is 1.76. The highest BCUT2D eigenvalue weighted by Crippen LogP contribution is 2.04. The van der Waals surface area contributed by atoms with Gasteiger partial charge < -0.3 is 10.6 Å². The van der Waals surface area contributed by atoms with Crippen molar-refractivity contribution in [2.24, 2.45) is 4.99 Å². The van der Waals surface area contributed by atoms with E-state index in [0.717, 1.165) is 6.21 Å². The Kier molecular flexibility index (Phi) is 1.51. The van der Waals surface area contributed by atoms with Crippen LogP contribution in [0.15, 0.2) is 4.99 Å². The SMILES string of the molecule is O=C1C=NC2NC(=O)NC(=O)C2N1. The number of carbonyl (C=O) groups is 3. The van der Waals surface area contributed by atoms with Crippen LogP contribution in [-0.4, -0.2) is 36.3 Å². The average molecular weight is 182 g/mol. The topological polar surface area (TPSA) is 99.7 Å². The van der Waals surface area contributed by atoms with Gasteiger partial charge in [-0.05, 0) is 0 Å². The van der Waals surface area contributed by atoms with Gasteiger partial charge in [0.15, 0.2) is 6.17 Å². The fourth-order valence-electron chi connectivity index (χ4n) is 1.19. The van der Waals surface area contributed by atoms with Crippen LogP contribution in [0.3, 0.4) is 0 Å². The normalized spacial score (nSPS) is 31.5. The molecule has 0 aromatic heterocycles. The molecule has 0 radical (unpaired) electrons. The van der Waals surface area contributed by atoms with E-state index in [2.05, 4.69) is 15.6 Å². The molecule has 2 aliphatic heterocycles. The molecule has 0 aromatic rings. The standard InChI is InChI=1S/C6H6N4O3/c11-2-1-7-4-3(8-2)5(12)10-6(13)9-4/h1,3-4H,(H,8,11)(H2,9,10,12,13). The summed E-state index contributed by atoms with van der Waals surface area (Å²) in [6.07, 6.45) is 0.360. The molecule has 68 valence electrons. The van der Waals surface area contributed by atoms with Gasteiger partial charge in [0.2, 0.25) is 0 Å². The van der Waals surface area contributed by atoms with Gasteiger partial charge in [0.1, 0.15) is 6.04 Å². The Morgan fingerprint density at radius 2 is 2.00 bits per heavy atom. The van der Waals surface area contributed by atoms with E-state index in [1.54, 1.807) is 0 Å². The third-order valence-electron chi connectivity index (χ3n) is 1.76. The van der Waals surface area contributed by atoms with E-state index in [0.29, 0.717) is 0 Å². The molecule has 2 aliphatic rings. The van der Waals surface area contributed by atoms with Gasteiger partial charge in [-0.1, -0.05) is 0 Å². The van der Waals surface area contributed by atoms with Crippen molar-refractivity contribution in [2.75, 3.05) is 0 Å². The van der Waals surface area contributed by atoms with E-state index >= 15 is 0 Å². The van der Waals surface area contributed by atoms with Crippen LogP contribution in [0.4, 0.5) is 4.79 Å².